The van der Waals surface area contributed by atoms with E-state index in [0.29, 0.717) is 5.92 Å². The van der Waals surface area contributed by atoms with E-state index in [4.69, 9.17) is 6.58 Å². The van der Waals surface area contributed by atoms with Crippen LogP contribution in [0.15, 0.2) is 140 Å². The van der Waals surface area contributed by atoms with Gasteiger partial charge in [0.1, 0.15) is 11.4 Å². The number of allylic oxidation sites excluding steroid dienone is 1. The molecule has 0 N–H and O–H groups in total. The molecule has 5 heterocycles. The minimum Gasteiger partial charge on any atom is -0.195 e. The van der Waals surface area contributed by atoms with Crippen molar-refractivity contribution in [3.05, 3.63) is 168 Å². The molecular formula is C67H75N3SSi2+2. The lowest BCUT2D eigenvalue weighted by Crippen LogP contribution is -2.54. The predicted molar refractivity (Wildman–Crippen MR) is 319 cm³/mol. The van der Waals surface area contributed by atoms with Crippen molar-refractivity contribution in [3.8, 4) is 39.5 Å². The molecule has 1 aliphatic carbocycles. The summed E-state index contributed by atoms with van der Waals surface area (Å²) in [6.07, 6.45) is 12.3. The minimum atomic E-state index is -1.75. The van der Waals surface area contributed by atoms with Crippen LogP contribution in [-0.4, -0.2) is 20.7 Å². The Hall–Kier alpha value is -5.67. The number of benzene rings is 6. The summed E-state index contributed by atoms with van der Waals surface area (Å²) in [5, 5.41) is 5.92. The van der Waals surface area contributed by atoms with E-state index < -0.39 is 16.1 Å². The fourth-order valence-corrected chi connectivity index (χ4v) is 17.4. The quantitative estimate of drug-likeness (QED) is 0.106. The molecule has 3 aliphatic rings. The number of aromatic nitrogens is 3. The maximum absolute atomic E-state index is 5.30. The Bertz CT molecular complexity index is 3620. The normalized spacial score (nSPS) is 17.3. The van der Waals surface area contributed by atoms with Crippen LogP contribution in [0.5, 0.6) is 0 Å². The molecule has 2 aliphatic heterocycles. The zero-order valence-corrected chi connectivity index (χ0v) is 48.0. The Balaban J connectivity index is 1.16. The van der Waals surface area contributed by atoms with Crippen molar-refractivity contribution in [2.45, 2.75) is 142 Å². The van der Waals surface area contributed by atoms with E-state index in [1.165, 1.54) is 130 Å². The molecule has 6 aromatic carbocycles. The molecule has 2 unspecified atom stereocenters. The lowest BCUT2D eigenvalue weighted by molar-refractivity contribution is -0.716. The summed E-state index contributed by atoms with van der Waals surface area (Å²) in [4.78, 5) is 0. The molecule has 0 radical (unpaired) electrons. The Morgan fingerprint density at radius 3 is 2.07 bits per heavy atom. The smallest absolute Gasteiger partial charge is 0.195 e. The van der Waals surface area contributed by atoms with Crippen LogP contribution in [0, 0.1) is 5.92 Å². The van der Waals surface area contributed by atoms with Gasteiger partial charge in [-0.2, -0.15) is 13.7 Å². The molecule has 1 saturated carbocycles. The SMILES string of the molecule is C=C1CC2C(CCc3cc4sc5ccc([Si](C)(C)C)cc5c4cc3-c3n1c1ccccc1[n+]3-c1c(C(C)C)cc(-c3ccccc3)cc1C(C)C)c1ccccc1-c1cc(CC3CCCC3)c([Si](C)(C)C)c[n+]12. The molecule has 0 bridgehead atoms. The number of hydrogen-bond donors (Lipinski definition) is 0. The third-order valence-corrected chi connectivity index (χ3v) is 22.5. The number of hydrogen-bond acceptors (Lipinski definition) is 1. The van der Waals surface area contributed by atoms with Gasteiger partial charge < -0.3 is 0 Å². The van der Waals surface area contributed by atoms with Gasteiger partial charge in [-0.05, 0) is 113 Å². The van der Waals surface area contributed by atoms with Gasteiger partial charge in [0.15, 0.2) is 23.3 Å². The lowest BCUT2D eigenvalue weighted by atomic mass is 9.77. The second-order valence-corrected chi connectivity index (χ2v) is 36.1. The van der Waals surface area contributed by atoms with Crippen LogP contribution >= 0.6 is 11.3 Å². The molecule has 3 nitrogen and oxygen atoms in total. The van der Waals surface area contributed by atoms with Gasteiger partial charge >= 0.3 is 0 Å². The number of nitrogens with zero attached hydrogens (tertiary/aromatic N) is 3. The Kier molecular flexibility index (Phi) is 12.1. The van der Waals surface area contributed by atoms with Gasteiger partial charge in [-0.15, -0.1) is 11.3 Å². The van der Waals surface area contributed by atoms with Gasteiger partial charge in [-0.25, -0.2) is 0 Å². The molecule has 0 saturated heterocycles. The third-order valence-electron chi connectivity index (χ3n) is 17.3. The maximum atomic E-state index is 5.30. The molecule has 2 atom stereocenters. The molecule has 12 rings (SSSR count). The monoisotopic (exact) mass is 1010 g/mol. The van der Waals surface area contributed by atoms with Crippen LogP contribution in [0.1, 0.15) is 118 Å². The molecule has 370 valence electrons. The van der Waals surface area contributed by atoms with Gasteiger partial charge in [-0.3, -0.25) is 0 Å². The topological polar surface area (TPSA) is 12.7 Å². The van der Waals surface area contributed by atoms with Gasteiger partial charge in [0.25, 0.3) is 5.82 Å². The average Bonchev–Trinajstić information content (AvgIpc) is 4.10. The number of thiophene rings is 1. The Morgan fingerprint density at radius 1 is 0.671 bits per heavy atom. The standard InChI is InChI=1S/C67H75N3SSi2/c1-42(2)54-35-48(46-23-13-12-14-24-46)36-55(43(3)4)66(54)70-60-28-20-19-27-59(60)69-44(5)33-61-53(31-29-47-38-64-58(40-56(47)67(69)70)57-39-50(72(6,7)8)30-32-63(57)71-64)51-25-17-18-26-52(51)62-37-49(34-45-21-15-16-22-45)65(41-68(61)62)73(9,10)11/h12-14,17-20,23-28,30,32,35-43,45,53,61H,5,15-16,21-22,29,31,33-34H2,1-4,6-11H3/q+2. The van der Waals surface area contributed by atoms with Crippen LogP contribution in [-0.2, 0) is 12.8 Å². The Labute approximate surface area is 441 Å². The molecule has 73 heavy (non-hydrogen) atoms. The van der Waals surface area contributed by atoms with Crippen molar-refractivity contribution in [1.82, 2.24) is 4.57 Å². The van der Waals surface area contributed by atoms with Crippen molar-refractivity contribution in [2.75, 3.05) is 0 Å². The van der Waals surface area contributed by atoms with E-state index in [9.17, 15) is 0 Å². The summed E-state index contributed by atoms with van der Waals surface area (Å²) < 4.78 is 10.9. The number of fused-ring (bicyclic) bond motifs is 14. The van der Waals surface area contributed by atoms with Gasteiger partial charge in [0, 0.05) is 54.0 Å². The lowest BCUT2D eigenvalue weighted by Gasteiger charge is -2.33. The molecule has 9 aromatic rings. The summed E-state index contributed by atoms with van der Waals surface area (Å²) >= 11 is 1.98. The molecule has 6 heteroatoms. The number of aryl methyl sites for hydroxylation is 1. The maximum Gasteiger partial charge on any atom is 0.300 e. The first kappa shape index (κ1) is 48.3. The third kappa shape index (κ3) is 8.35. The second-order valence-electron chi connectivity index (χ2n) is 24.9. The fraction of sp³-hybridized carbons (Fsp3) is 0.343. The fourth-order valence-electron chi connectivity index (χ4n) is 13.5. The molecule has 0 amide bonds. The van der Waals surface area contributed by atoms with E-state index in [1.807, 2.05) is 11.3 Å². The van der Waals surface area contributed by atoms with E-state index in [1.54, 1.807) is 10.8 Å². The Morgan fingerprint density at radius 2 is 1.36 bits per heavy atom. The van der Waals surface area contributed by atoms with Gasteiger partial charge in [0.2, 0.25) is 5.69 Å². The second kappa shape index (κ2) is 18.3. The largest absolute Gasteiger partial charge is 0.300 e. The zero-order chi connectivity index (χ0) is 50.7. The highest BCUT2D eigenvalue weighted by molar-refractivity contribution is 7.25. The van der Waals surface area contributed by atoms with E-state index in [0.717, 1.165) is 30.9 Å². The first-order chi connectivity index (χ1) is 35.0. The first-order valence-corrected chi connectivity index (χ1v) is 35.5. The van der Waals surface area contributed by atoms with Crippen molar-refractivity contribution < 1.29 is 9.13 Å². The van der Waals surface area contributed by atoms with E-state index in [2.05, 4.69) is 214 Å². The molecule has 0 spiro atoms. The van der Waals surface area contributed by atoms with Crippen molar-refractivity contribution in [1.29, 1.82) is 0 Å². The van der Waals surface area contributed by atoms with Crippen LogP contribution < -0.4 is 19.5 Å². The number of para-hydroxylation sites is 2. The zero-order valence-electron chi connectivity index (χ0n) is 45.2. The summed E-state index contributed by atoms with van der Waals surface area (Å²) in [5.41, 5.74) is 18.9. The van der Waals surface area contributed by atoms with Crippen molar-refractivity contribution >= 4 is 74.8 Å². The first-order valence-electron chi connectivity index (χ1n) is 27.7. The van der Waals surface area contributed by atoms with Crippen molar-refractivity contribution in [2.24, 2.45) is 5.92 Å². The molecule has 3 aromatic heterocycles. The number of rotatable bonds is 8. The predicted octanol–water partition coefficient (Wildman–Crippen LogP) is 16.8. The van der Waals surface area contributed by atoms with Gasteiger partial charge in [0.05, 0.1) is 28.1 Å². The summed E-state index contributed by atoms with van der Waals surface area (Å²) in [6, 6.07) is 50.3. The summed E-state index contributed by atoms with van der Waals surface area (Å²) in [7, 11) is -3.33. The number of imidazole rings is 1. The van der Waals surface area contributed by atoms with Crippen LogP contribution in [0.3, 0.4) is 0 Å². The van der Waals surface area contributed by atoms with Crippen LogP contribution in [0.2, 0.25) is 39.3 Å². The molecular weight excluding hydrogens is 935 g/mol. The van der Waals surface area contributed by atoms with E-state index in [-0.39, 0.29) is 17.9 Å². The van der Waals surface area contributed by atoms with Crippen LogP contribution in [0.4, 0.5) is 0 Å². The van der Waals surface area contributed by atoms with Crippen LogP contribution in [0.25, 0.3) is 76.4 Å². The highest BCUT2D eigenvalue weighted by Crippen LogP contribution is 2.48. The average molecular weight is 1010 g/mol. The summed E-state index contributed by atoms with van der Waals surface area (Å²) in [5.74, 6) is 2.89. The molecule has 1 fully saturated rings. The van der Waals surface area contributed by atoms with E-state index >= 15 is 0 Å². The number of pyridine rings is 1. The minimum absolute atomic E-state index is 0.202. The highest BCUT2D eigenvalue weighted by atomic mass is 32.1. The summed E-state index contributed by atoms with van der Waals surface area (Å²) in [6.45, 7) is 30.0. The van der Waals surface area contributed by atoms with Crippen molar-refractivity contribution in [3.63, 3.8) is 0 Å². The highest BCUT2D eigenvalue weighted by Gasteiger charge is 2.45. The van der Waals surface area contributed by atoms with Gasteiger partial charge in [-0.1, -0.05) is 177 Å².